The van der Waals surface area contributed by atoms with Gasteiger partial charge in [0.2, 0.25) is 0 Å². The molecule has 2 aliphatic rings. The molecule has 88 valence electrons. The predicted octanol–water partition coefficient (Wildman–Crippen LogP) is 1.45. The van der Waals surface area contributed by atoms with Crippen LogP contribution in [0, 0.1) is 0 Å². The zero-order valence-corrected chi connectivity index (χ0v) is 9.61. The average molecular weight is 213 g/mol. The molecule has 3 heteroatoms. The van der Waals surface area contributed by atoms with Crippen molar-refractivity contribution in [2.45, 2.75) is 69.7 Å². The molecule has 4 atom stereocenters. The summed E-state index contributed by atoms with van der Waals surface area (Å²) in [5.74, 6) is 0. The Bertz CT molecular complexity index is 192. The molecular weight excluding hydrogens is 190 g/mol. The monoisotopic (exact) mass is 213 g/mol. The Morgan fingerprint density at radius 3 is 2.80 bits per heavy atom. The van der Waals surface area contributed by atoms with E-state index < -0.39 is 0 Å². The van der Waals surface area contributed by atoms with Gasteiger partial charge in [-0.3, -0.25) is 0 Å². The lowest BCUT2D eigenvalue weighted by Gasteiger charge is -2.23. The van der Waals surface area contributed by atoms with Gasteiger partial charge in [-0.15, -0.1) is 0 Å². The largest absolute Gasteiger partial charge is 0.392 e. The zero-order valence-electron chi connectivity index (χ0n) is 9.61. The van der Waals surface area contributed by atoms with Gasteiger partial charge in [-0.1, -0.05) is 0 Å². The molecule has 1 heterocycles. The second kappa shape index (κ2) is 5.28. The number of hydrogen-bond donors (Lipinski definition) is 2. The Labute approximate surface area is 92.2 Å². The molecule has 0 amide bonds. The molecule has 15 heavy (non-hydrogen) atoms. The Hall–Kier alpha value is -0.120. The highest BCUT2D eigenvalue weighted by Gasteiger charge is 2.27. The minimum atomic E-state index is -0.128. The van der Waals surface area contributed by atoms with Crippen molar-refractivity contribution in [3.05, 3.63) is 0 Å². The van der Waals surface area contributed by atoms with Crippen molar-refractivity contribution in [1.29, 1.82) is 0 Å². The van der Waals surface area contributed by atoms with Crippen LogP contribution < -0.4 is 5.32 Å². The van der Waals surface area contributed by atoms with Gasteiger partial charge in [0.1, 0.15) is 0 Å². The van der Waals surface area contributed by atoms with Gasteiger partial charge in [0.15, 0.2) is 0 Å². The average Bonchev–Trinajstić information content (AvgIpc) is 2.79. The molecule has 1 aliphatic carbocycles. The van der Waals surface area contributed by atoms with E-state index >= 15 is 0 Å². The fourth-order valence-electron chi connectivity index (χ4n) is 2.79. The first-order valence-corrected chi connectivity index (χ1v) is 6.31. The Morgan fingerprint density at radius 1 is 1.33 bits per heavy atom. The first-order valence-electron chi connectivity index (χ1n) is 6.31. The van der Waals surface area contributed by atoms with Crippen molar-refractivity contribution in [1.82, 2.24) is 5.32 Å². The molecule has 2 fully saturated rings. The molecule has 2 rings (SSSR count). The molecule has 0 aromatic rings. The number of rotatable bonds is 4. The third-order valence-corrected chi connectivity index (χ3v) is 3.62. The summed E-state index contributed by atoms with van der Waals surface area (Å²) in [5, 5.41) is 13.2. The molecule has 0 radical (unpaired) electrons. The first kappa shape index (κ1) is 11.4. The third kappa shape index (κ3) is 3.16. The van der Waals surface area contributed by atoms with E-state index in [9.17, 15) is 5.11 Å². The number of ether oxygens (including phenoxy) is 1. The van der Waals surface area contributed by atoms with Crippen molar-refractivity contribution in [3.8, 4) is 0 Å². The van der Waals surface area contributed by atoms with Crippen LogP contribution in [0.3, 0.4) is 0 Å². The van der Waals surface area contributed by atoms with Crippen LogP contribution >= 0.6 is 0 Å². The summed E-state index contributed by atoms with van der Waals surface area (Å²) in [6.45, 7) is 3.14. The van der Waals surface area contributed by atoms with Gasteiger partial charge in [0, 0.05) is 18.7 Å². The number of hydrogen-bond acceptors (Lipinski definition) is 3. The van der Waals surface area contributed by atoms with E-state index in [4.69, 9.17) is 4.74 Å². The highest BCUT2D eigenvalue weighted by atomic mass is 16.5. The highest BCUT2D eigenvalue weighted by Crippen LogP contribution is 2.21. The smallest absolute Gasteiger partial charge is 0.0693 e. The first-order chi connectivity index (χ1) is 7.25. The maximum atomic E-state index is 9.70. The maximum Gasteiger partial charge on any atom is 0.0693 e. The molecule has 2 N–H and O–H groups in total. The van der Waals surface area contributed by atoms with Gasteiger partial charge in [0.25, 0.3) is 0 Å². The van der Waals surface area contributed by atoms with Crippen LogP contribution in [0.2, 0.25) is 0 Å². The Kier molecular flexibility index (Phi) is 4.00. The lowest BCUT2D eigenvalue weighted by molar-refractivity contribution is 0.0888. The van der Waals surface area contributed by atoms with Crippen LogP contribution in [-0.4, -0.2) is 36.0 Å². The molecule has 3 nitrogen and oxygen atoms in total. The van der Waals surface area contributed by atoms with Crippen LogP contribution in [0.15, 0.2) is 0 Å². The van der Waals surface area contributed by atoms with E-state index in [1.165, 1.54) is 12.8 Å². The summed E-state index contributed by atoms with van der Waals surface area (Å²) in [5.41, 5.74) is 0. The molecule has 4 unspecified atom stereocenters. The van der Waals surface area contributed by atoms with Gasteiger partial charge in [0.05, 0.1) is 12.2 Å². The molecule has 0 spiro atoms. The van der Waals surface area contributed by atoms with Gasteiger partial charge in [-0.05, 0) is 45.4 Å². The predicted molar refractivity (Wildman–Crippen MR) is 59.8 cm³/mol. The van der Waals surface area contributed by atoms with Crippen molar-refractivity contribution in [2.75, 3.05) is 6.61 Å². The number of aliphatic hydroxyl groups is 1. The fourth-order valence-corrected chi connectivity index (χ4v) is 2.79. The second-order valence-corrected chi connectivity index (χ2v) is 5.04. The van der Waals surface area contributed by atoms with Crippen LogP contribution in [0.25, 0.3) is 0 Å². The van der Waals surface area contributed by atoms with E-state index in [0.29, 0.717) is 18.2 Å². The van der Waals surface area contributed by atoms with Gasteiger partial charge in [-0.25, -0.2) is 0 Å². The normalized spacial score (nSPS) is 38.4. The van der Waals surface area contributed by atoms with Gasteiger partial charge in [-0.2, -0.15) is 0 Å². The highest BCUT2D eigenvalue weighted by molar-refractivity contribution is 4.85. The topological polar surface area (TPSA) is 41.5 Å². The summed E-state index contributed by atoms with van der Waals surface area (Å²) in [7, 11) is 0. The Morgan fingerprint density at radius 2 is 2.20 bits per heavy atom. The number of aliphatic hydroxyl groups excluding tert-OH is 1. The summed E-state index contributed by atoms with van der Waals surface area (Å²) in [6, 6.07) is 0.784. The van der Waals surface area contributed by atoms with Crippen molar-refractivity contribution in [3.63, 3.8) is 0 Å². The van der Waals surface area contributed by atoms with E-state index in [2.05, 4.69) is 12.2 Å². The third-order valence-electron chi connectivity index (χ3n) is 3.62. The van der Waals surface area contributed by atoms with Crippen LogP contribution in [0.1, 0.15) is 45.4 Å². The van der Waals surface area contributed by atoms with Crippen LogP contribution in [0.5, 0.6) is 0 Å². The van der Waals surface area contributed by atoms with Crippen molar-refractivity contribution in [2.24, 2.45) is 0 Å². The molecule has 0 aromatic heterocycles. The summed E-state index contributed by atoms with van der Waals surface area (Å²) >= 11 is 0. The molecule has 0 aromatic carbocycles. The summed E-state index contributed by atoms with van der Waals surface area (Å²) in [6.07, 6.45) is 7.07. The molecule has 1 saturated heterocycles. The van der Waals surface area contributed by atoms with Crippen LogP contribution in [0.4, 0.5) is 0 Å². The quantitative estimate of drug-likeness (QED) is 0.742. The molecule has 1 aliphatic heterocycles. The molecule has 1 saturated carbocycles. The lowest BCUT2D eigenvalue weighted by atomic mass is 10.1. The summed E-state index contributed by atoms with van der Waals surface area (Å²) < 4.78 is 5.61. The maximum absolute atomic E-state index is 9.70. The van der Waals surface area contributed by atoms with Crippen LogP contribution in [-0.2, 0) is 4.74 Å². The van der Waals surface area contributed by atoms with Gasteiger partial charge < -0.3 is 15.2 Å². The lowest BCUT2D eigenvalue weighted by Crippen LogP contribution is -2.42. The minimum Gasteiger partial charge on any atom is -0.392 e. The number of nitrogens with one attached hydrogen (secondary N) is 1. The van der Waals surface area contributed by atoms with Crippen molar-refractivity contribution < 1.29 is 9.84 Å². The van der Waals surface area contributed by atoms with E-state index in [0.717, 1.165) is 32.3 Å². The SMILES string of the molecule is CC(CC1CCCO1)NC1CCCC1O. The van der Waals surface area contributed by atoms with E-state index in [1.807, 2.05) is 0 Å². The minimum absolute atomic E-state index is 0.128. The van der Waals surface area contributed by atoms with Crippen molar-refractivity contribution >= 4 is 0 Å². The zero-order chi connectivity index (χ0) is 10.7. The standard InChI is InChI=1S/C12H23NO2/c1-9(8-10-4-3-7-15-10)13-11-5-2-6-12(11)14/h9-14H,2-8H2,1H3. The fraction of sp³-hybridized carbons (Fsp3) is 1.00. The molecular formula is C12H23NO2. The van der Waals surface area contributed by atoms with Gasteiger partial charge >= 0.3 is 0 Å². The second-order valence-electron chi connectivity index (χ2n) is 5.04. The van der Waals surface area contributed by atoms with E-state index in [-0.39, 0.29) is 6.10 Å². The van der Waals surface area contributed by atoms with E-state index in [1.54, 1.807) is 0 Å². The Balaban J connectivity index is 1.69. The molecule has 0 bridgehead atoms. The summed E-state index contributed by atoms with van der Waals surface area (Å²) in [4.78, 5) is 0.